The van der Waals surface area contributed by atoms with Crippen molar-refractivity contribution >= 4 is 16.9 Å². The fourth-order valence-corrected chi connectivity index (χ4v) is 2.65. The van der Waals surface area contributed by atoms with E-state index in [0.29, 0.717) is 0 Å². The standard InChI is InChI=1S/C15H18N6O/c1-4-21(10(2)11-5-6-13(22)16-7-11)15-12-8-19-20(3)14(12)17-9-18-15/h5-10H,4H2,1-3H3,(H,16,22). The lowest BCUT2D eigenvalue weighted by molar-refractivity contribution is 0.679. The number of nitrogens with one attached hydrogen (secondary N) is 1. The monoisotopic (exact) mass is 298 g/mol. The second kappa shape index (κ2) is 5.59. The lowest BCUT2D eigenvalue weighted by atomic mass is 10.1. The number of anilines is 1. The minimum Gasteiger partial charge on any atom is -0.349 e. The molecule has 0 aliphatic rings. The van der Waals surface area contributed by atoms with Crippen LogP contribution in [0.4, 0.5) is 5.82 Å². The molecule has 0 aliphatic carbocycles. The summed E-state index contributed by atoms with van der Waals surface area (Å²) in [4.78, 5) is 24.8. The number of H-pyrrole nitrogens is 1. The van der Waals surface area contributed by atoms with Crippen LogP contribution in [-0.2, 0) is 7.05 Å². The van der Waals surface area contributed by atoms with E-state index in [-0.39, 0.29) is 11.6 Å². The van der Waals surface area contributed by atoms with Crippen LogP contribution in [0, 0.1) is 0 Å². The maximum Gasteiger partial charge on any atom is 0.247 e. The second-order valence-corrected chi connectivity index (χ2v) is 5.15. The molecule has 0 aromatic carbocycles. The number of aryl methyl sites for hydroxylation is 1. The van der Waals surface area contributed by atoms with Crippen molar-refractivity contribution in [3.8, 4) is 0 Å². The quantitative estimate of drug-likeness (QED) is 0.792. The summed E-state index contributed by atoms with van der Waals surface area (Å²) in [5, 5.41) is 5.18. The highest BCUT2D eigenvalue weighted by atomic mass is 16.1. The molecule has 7 nitrogen and oxygen atoms in total. The van der Waals surface area contributed by atoms with Gasteiger partial charge < -0.3 is 9.88 Å². The molecular formula is C15H18N6O. The zero-order valence-electron chi connectivity index (χ0n) is 12.8. The van der Waals surface area contributed by atoms with E-state index in [1.54, 1.807) is 29.5 Å². The van der Waals surface area contributed by atoms with E-state index in [9.17, 15) is 4.79 Å². The Hall–Kier alpha value is -2.70. The molecule has 0 spiro atoms. The molecule has 0 radical (unpaired) electrons. The number of fused-ring (bicyclic) bond motifs is 1. The molecule has 3 heterocycles. The van der Waals surface area contributed by atoms with E-state index in [4.69, 9.17) is 0 Å². The van der Waals surface area contributed by atoms with Gasteiger partial charge in [0.25, 0.3) is 0 Å². The summed E-state index contributed by atoms with van der Waals surface area (Å²) in [5.41, 5.74) is 1.73. The van der Waals surface area contributed by atoms with Gasteiger partial charge in [0.2, 0.25) is 5.56 Å². The van der Waals surface area contributed by atoms with Crippen LogP contribution < -0.4 is 10.5 Å². The van der Waals surface area contributed by atoms with Gasteiger partial charge in [-0.25, -0.2) is 9.97 Å². The van der Waals surface area contributed by atoms with Gasteiger partial charge in [-0.05, 0) is 19.4 Å². The predicted molar refractivity (Wildman–Crippen MR) is 84.8 cm³/mol. The van der Waals surface area contributed by atoms with Crippen molar-refractivity contribution in [3.05, 3.63) is 46.8 Å². The first kappa shape index (κ1) is 14.2. The van der Waals surface area contributed by atoms with Gasteiger partial charge in [-0.2, -0.15) is 5.10 Å². The third kappa shape index (κ3) is 2.34. The van der Waals surface area contributed by atoms with Crippen LogP contribution >= 0.6 is 0 Å². The Balaban J connectivity index is 2.05. The molecule has 1 unspecified atom stereocenters. The number of aromatic nitrogens is 5. The second-order valence-electron chi connectivity index (χ2n) is 5.15. The molecule has 0 saturated carbocycles. The van der Waals surface area contributed by atoms with Crippen LogP contribution in [0.5, 0.6) is 0 Å². The highest BCUT2D eigenvalue weighted by Gasteiger charge is 2.20. The first-order valence-electron chi connectivity index (χ1n) is 7.19. The Kier molecular flexibility index (Phi) is 3.62. The lowest BCUT2D eigenvalue weighted by Gasteiger charge is -2.29. The molecule has 7 heteroatoms. The van der Waals surface area contributed by atoms with Gasteiger partial charge in [0, 0.05) is 25.9 Å². The fourth-order valence-electron chi connectivity index (χ4n) is 2.65. The molecule has 1 N–H and O–H groups in total. The first-order chi connectivity index (χ1) is 10.6. The van der Waals surface area contributed by atoms with E-state index in [1.807, 2.05) is 13.1 Å². The van der Waals surface area contributed by atoms with Crippen LogP contribution in [0.2, 0.25) is 0 Å². The van der Waals surface area contributed by atoms with E-state index in [0.717, 1.165) is 29.0 Å². The van der Waals surface area contributed by atoms with Crippen LogP contribution in [0.1, 0.15) is 25.5 Å². The summed E-state index contributed by atoms with van der Waals surface area (Å²) in [6, 6.07) is 3.45. The van der Waals surface area contributed by atoms with Crippen molar-refractivity contribution < 1.29 is 0 Å². The van der Waals surface area contributed by atoms with Crippen molar-refractivity contribution in [1.29, 1.82) is 0 Å². The van der Waals surface area contributed by atoms with Gasteiger partial charge in [-0.1, -0.05) is 6.07 Å². The maximum absolute atomic E-state index is 11.2. The van der Waals surface area contributed by atoms with E-state index < -0.39 is 0 Å². The number of rotatable bonds is 4. The first-order valence-corrected chi connectivity index (χ1v) is 7.19. The predicted octanol–water partition coefficient (Wildman–Crippen LogP) is 1.64. The smallest absolute Gasteiger partial charge is 0.247 e. The Bertz CT molecular complexity index is 832. The van der Waals surface area contributed by atoms with Crippen LogP contribution in [0.3, 0.4) is 0 Å². The Morgan fingerprint density at radius 1 is 1.36 bits per heavy atom. The van der Waals surface area contributed by atoms with E-state index >= 15 is 0 Å². The Labute approximate surface area is 127 Å². The summed E-state index contributed by atoms with van der Waals surface area (Å²) >= 11 is 0. The number of hydrogen-bond donors (Lipinski definition) is 1. The minimum atomic E-state index is -0.101. The lowest BCUT2D eigenvalue weighted by Crippen LogP contribution is -2.28. The zero-order chi connectivity index (χ0) is 15.7. The third-order valence-electron chi connectivity index (χ3n) is 3.88. The summed E-state index contributed by atoms with van der Waals surface area (Å²) < 4.78 is 1.74. The van der Waals surface area contributed by atoms with Gasteiger partial charge in [0.05, 0.1) is 17.6 Å². The molecule has 3 aromatic heterocycles. The number of aromatic amines is 1. The van der Waals surface area contributed by atoms with Gasteiger partial charge in [0.1, 0.15) is 12.1 Å². The topological polar surface area (TPSA) is 79.7 Å². The number of hydrogen-bond acceptors (Lipinski definition) is 5. The summed E-state index contributed by atoms with van der Waals surface area (Å²) in [7, 11) is 1.86. The Morgan fingerprint density at radius 3 is 2.86 bits per heavy atom. The molecule has 114 valence electrons. The highest BCUT2D eigenvalue weighted by molar-refractivity contribution is 5.86. The molecule has 22 heavy (non-hydrogen) atoms. The fraction of sp³-hybridized carbons (Fsp3) is 0.333. The van der Waals surface area contributed by atoms with Gasteiger partial charge in [-0.3, -0.25) is 9.48 Å². The number of pyridine rings is 1. The SMILES string of the molecule is CCN(c1ncnc2c1cnn2C)C(C)c1ccc(=O)[nH]c1. The summed E-state index contributed by atoms with van der Waals surface area (Å²) in [6.45, 7) is 4.94. The van der Waals surface area contributed by atoms with Crippen molar-refractivity contribution in [2.75, 3.05) is 11.4 Å². The van der Waals surface area contributed by atoms with Crippen LogP contribution in [0.15, 0.2) is 35.6 Å². The molecule has 3 rings (SSSR count). The van der Waals surface area contributed by atoms with Gasteiger partial charge in [-0.15, -0.1) is 0 Å². The molecule has 0 bridgehead atoms. The van der Waals surface area contributed by atoms with Crippen molar-refractivity contribution in [2.24, 2.45) is 7.05 Å². The molecule has 0 fully saturated rings. The molecule has 3 aromatic rings. The molecular weight excluding hydrogens is 280 g/mol. The van der Waals surface area contributed by atoms with E-state index in [1.165, 1.54) is 0 Å². The largest absolute Gasteiger partial charge is 0.349 e. The van der Waals surface area contributed by atoms with Crippen LogP contribution in [0.25, 0.3) is 11.0 Å². The average molecular weight is 298 g/mol. The molecule has 0 aliphatic heterocycles. The van der Waals surface area contributed by atoms with Gasteiger partial charge in [0.15, 0.2) is 5.65 Å². The highest BCUT2D eigenvalue weighted by Crippen LogP contribution is 2.29. The average Bonchev–Trinajstić information content (AvgIpc) is 2.91. The summed E-state index contributed by atoms with van der Waals surface area (Å²) in [6.07, 6.45) is 5.09. The molecule has 0 saturated heterocycles. The normalized spacial score (nSPS) is 12.5. The third-order valence-corrected chi connectivity index (χ3v) is 3.88. The maximum atomic E-state index is 11.2. The number of nitrogens with zero attached hydrogens (tertiary/aromatic N) is 5. The van der Waals surface area contributed by atoms with Crippen molar-refractivity contribution in [3.63, 3.8) is 0 Å². The molecule has 1 atom stereocenters. The van der Waals surface area contributed by atoms with E-state index in [2.05, 4.69) is 38.8 Å². The van der Waals surface area contributed by atoms with Gasteiger partial charge >= 0.3 is 0 Å². The minimum absolute atomic E-state index is 0.0696. The molecule has 0 amide bonds. The summed E-state index contributed by atoms with van der Waals surface area (Å²) in [5.74, 6) is 0.847. The zero-order valence-corrected chi connectivity index (χ0v) is 12.8. The van der Waals surface area contributed by atoms with Crippen LogP contribution in [-0.4, -0.2) is 31.3 Å². The Morgan fingerprint density at radius 2 is 2.18 bits per heavy atom. The van der Waals surface area contributed by atoms with Crippen molar-refractivity contribution in [1.82, 2.24) is 24.7 Å². The van der Waals surface area contributed by atoms with Crippen molar-refractivity contribution in [2.45, 2.75) is 19.9 Å².